The summed E-state index contributed by atoms with van der Waals surface area (Å²) in [6.07, 6.45) is 3.58. The van der Waals surface area contributed by atoms with E-state index in [9.17, 15) is 8.42 Å². The molecule has 2 aliphatic heterocycles. The van der Waals surface area contributed by atoms with E-state index in [4.69, 9.17) is 0 Å². The van der Waals surface area contributed by atoms with Gasteiger partial charge in [0.2, 0.25) is 0 Å². The second-order valence-corrected chi connectivity index (χ2v) is 6.83. The molecule has 2 aliphatic rings. The highest BCUT2D eigenvalue weighted by Gasteiger charge is 2.24. The maximum atomic E-state index is 11.4. The number of nitrogens with zero attached hydrogens (tertiary/aromatic N) is 1. The number of nitrogens with one attached hydrogen (secondary N) is 1. The maximum Gasteiger partial charge on any atom is 0.153 e. The van der Waals surface area contributed by atoms with Gasteiger partial charge in [-0.25, -0.2) is 8.42 Å². The molecule has 15 heavy (non-hydrogen) atoms. The van der Waals surface area contributed by atoms with Crippen molar-refractivity contribution in [3.8, 4) is 0 Å². The summed E-state index contributed by atoms with van der Waals surface area (Å²) in [4.78, 5) is 2.43. The summed E-state index contributed by atoms with van der Waals surface area (Å²) in [5.41, 5.74) is 0. The van der Waals surface area contributed by atoms with Gasteiger partial charge in [-0.3, -0.25) is 0 Å². The summed E-state index contributed by atoms with van der Waals surface area (Å²) in [6.45, 7) is 4.07. The second kappa shape index (κ2) is 4.80. The third kappa shape index (κ3) is 3.43. The van der Waals surface area contributed by atoms with Gasteiger partial charge in [0.25, 0.3) is 0 Å². The molecule has 88 valence electrons. The van der Waals surface area contributed by atoms with E-state index in [1.54, 1.807) is 0 Å². The molecule has 1 atom stereocenters. The van der Waals surface area contributed by atoms with Crippen LogP contribution in [0.15, 0.2) is 0 Å². The average molecular weight is 232 g/mol. The van der Waals surface area contributed by atoms with Gasteiger partial charge in [0.1, 0.15) is 0 Å². The van der Waals surface area contributed by atoms with Crippen LogP contribution in [0.5, 0.6) is 0 Å². The van der Waals surface area contributed by atoms with Gasteiger partial charge in [-0.15, -0.1) is 0 Å². The van der Waals surface area contributed by atoms with Crippen LogP contribution in [-0.4, -0.2) is 57.0 Å². The van der Waals surface area contributed by atoms with Crippen molar-refractivity contribution in [3.05, 3.63) is 0 Å². The molecule has 0 bridgehead atoms. The van der Waals surface area contributed by atoms with Crippen molar-refractivity contribution in [3.63, 3.8) is 0 Å². The number of hydrogen-bond acceptors (Lipinski definition) is 4. The van der Waals surface area contributed by atoms with Crippen LogP contribution in [0, 0.1) is 0 Å². The predicted octanol–water partition coefficient (Wildman–Crippen LogP) is -0.141. The Kier molecular flexibility index (Phi) is 3.64. The summed E-state index contributed by atoms with van der Waals surface area (Å²) in [5, 5.41) is 3.29. The molecular formula is C10H20N2O2S. The average Bonchev–Trinajstić information content (AvgIpc) is 2.65. The third-order valence-corrected chi connectivity index (χ3v) is 5.03. The fourth-order valence-electron chi connectivity index (χ4n) is 2.40. The lowest BCUT2D eigenvalue weighted by Crippen LogP contribution is -2.46. The summed E-state index contributed by atoms with van der Waals surface area (Å²) in [6, 6.07) is 0.185. The molecule has 1 N–H and O–H groups in total. The summed E-state index contributed by atoms with van der Waals surface area (Å²) >= 11 is 0. The zero-order valence-corrected chi connectivity index (χ0v) is 9.93. The van der Waals surface area contributed by atoms with Gasteiger partial charge in [-0.2, -0.15) is 0 Å². The van der Waals surface area contributed by atoms with E-state index in [0.29, 0.717) is 18.1 Å². The Bertz CT molecular complexity index is 297. The van der Waals surface area contributed by atoms with Gasteiger partial charge >= 0.3 is 0 Å². The summed E-state index contributed by atoms with van der Waals surface area (Å²) < 4.78 is 22.8. The molecular weight excluding hydrogens is 212 g/mol. The molecule has 2 fully saturated rings. The smallest absolute Gasteiger partial charge is 0.153 e. The van der Waals surface area contributed by atoms with Gasteiger partial charge < -0.3 is 10.2 Å². The van der Waals surface area contributed by atoms with Crippen LogP contribution in [0.4, 0.5) is 0 Å². The first kappa shape index (κ1) is 11.4. The van der Waals surface area contributed by atoms with E-state index in [1.807, 2.05) is 0 Å². The fourth-order valence-corrected chi connectivity index (χ4v) is 3.89. The molecule has 0 amide bonds. The van der Waals surface area contributed by atoms with Crippen LogP contribution < -0.4 is 5.32 Å². The Morgan fingerprint density at radius 1 is 1.27 bits per heavy atom. The molecule has 0 saturated carbocycles. The Labute approximate surface area is 91.9 Å². The van der Waals surface area contributed by atoms with E-state index in [2.05, 4.69) is 10.2 Å². The quantitative estimate of drug-likeness (QED) is 0.736. The highest BCUT2D eigenvalue weighted by molar-refractivity contribution is 7.91. The van der Waals surface area contributed by atoms with Gasteiger partial charge in [0, 0.05) is 12.6 Å². The van der Waals surface area contributed by atoms with Crippen molar-refractivity contribution < 1.29 is 8.42 Å². The largest absolute Gasteiger partial charge is 0.312 e. The fraction of sp³-hybridized carbons (Fsp3) is 1.00. The first-order chi connectivity index (χ1) is 7.16. The molecule has 0 aromatic heterocycles. The molecule has 2 saturated heterocycles. The molecule has 5 heteroatoms. The lowest BCUT2D eigenvalue weighted by Gasteiger charge is -2.25. The van der Waals surface area contributed by atoms with Crippen LogP contribution in [0.3, 0.4) is 0 Å². The molecule has 2 rings (SSSR count). The molecule has 1 unspecified atom stereocenters. The summed E-state index contributed by atoms with van der Waals surface area (Å²) in [5.74, 6) is 0.647. The van der Waals surface area contributed by atoms with Crippen molar-refractivity contribution in [1.82, 2.24) is 10.2 Å². The van der Waals surface area contributed by atoms with Crippen molar-refractivity contribution in [1.29, 1.82) is 0 Å². The monoisotopic (exact) mass is 232 g/mol. The Morgan fingerprint density at radius 3 is 2.67 bits per heavy atom. The second-order valence-electron chi connectivity index (χ2n) is 4.60. The molecule has 0 aromatic rings. The molecule has 4 nitrogen and oxygen atoms in total. The van der Waals surface area contributed by atoms with E-state index >= 15 is 0 Å². The topological polar surface area (TPSA) is 49.4 Å². The van der Waals surface area contributed by atoms with Gasteiger partial charge in [-0.1, -0.05) is 0 Å². The molecule has 2 heterocycles. The molecule has 0 radical (unpaired) electrons. The van der Waals surface area contributed by atoms with Crippen molar-refractivity contribution >= 4 is 9.84 Å². The zero-order valence-electron chi connectivity index (χ0n) is 9.11. The number of likely N-dealkylation sites (tertiary alicyclic amines) is 1. The lowest BCUT2D eigenvalue weighted by atomic mass is 10.2. The van der Waals surface area contributed by atoms with Gasteiger partial charge in [-0.05, 0) is 38.9 Å². The van der Waals surface area contributed by atoms with E-state index in [-0.39, 0.29) is 6.04 Å². The number of hydrogen-bond donors (Lipinski definition) is 1. The number of rotatable bonds is 3. The minimum absolute atomic E-state index is 0.185. The van der Waals surface area contributed by atoms with Crippen LogP contribution in [0.25, 0.3) is 0 Å². The van der Waals surface area contributed by atoms with E-state index in [0.717, 1.165) is 13.0 Å². The zero-order chi connectivity index (χ0) is 10.7. The first-order valence-corrected chi connectivity index (χ1v) is 7.64. The van der Waals surface area contributed by atoms with Crippen LogP contribution in [0.1, 0.15) is 19.3 Å². The van der Waals surface area contributed by atoms with Crippen LogP contribution in [-0.2, 0) is 9.84 Å². The highest BCUT2D eigenvalue weighted by atomic mass is 32.2. The first-order valence-electron chi connectivity index (χ1n) is 5.82. The van der Waals surface area contributed by atoms with Crippen LogP contribution >= 0.6 is 0 Å². The van der Waals surface area contributed by atoms with Gasteiger partial charge in [0.15, 0.2) is 9.84 Å². The molecule has 0 aromatic carbocycles. The Morgan fingerprint density at radius 2 is 2.00 bits per heavy atom. The van der Waals surface area contributed by atoms with Crippen molar-refractivity contribution in [2.24, 2.45) is 0 Å². The highest BCUT2D eigenvalue weighted by Crippen LogP contribution is 2.10. The minimum atomic E-state index is -2.76. The molecule has 0 aliphatic carbocycles. The van der Waals surface area contributed by atoms with E-state index < -0.39 is 9.84 Å². The Hall–Kier alpha value is -0.130. The van der Waals surface area contributed by atoms with Crippen LogP contribution in [0.2, 0.25) is 0 Å². The minimum Gasteiger partial charge on any atom is -0.312 e. The standard InChI is InChI=1S/C10H20N2O2S/c13-15(14)8-4-11-10(9-15)3-7-12-5-1-2-6-12/h10-11H,1-9H2. The van der Waals surface area contributed by atoms with Crippen molar-refractivity contribution in [2.75, 3.05) is 37.7 Å². The van der Waals surface area contributed by atoms with E-state index in [1.165, 1.54) is 25.9 Å². The maximum absolute atomic E-state index is 11.4. The Balaban J connectivity index is 1.74. The molecule has 0 spiro atoms. The SMILES string of the molecule is O=S1(=O)CCNC(CCN2CCCC2)C1. The third-order valence-electron chi connectivity index (χ3n) is 3.29. The van der Waals surface area contributed by atoms with Crippen molar-refractivity contribution in [2.45, 2.75) is 25.3 Å². The lowest BCUT2D eigenvalue weighted by molar-refractivity contribution is 0.313. The number of sulfone groups is 1. The summed E-state index contributed by atoms with van der Waals surface area (Å²) in [7, 11) is -2.76. The van der Waals surface area contributed by atoms with Gasteiger partial charge in [0.05, 0.1) is 11.5 Å². The normalized spacial score (nSPS) is 31.9. The predicted molar refractivity (Wildman–Crippen MR) is 60.7 cm³/mol.